The van der Waals surface area contributed by atoms with Crippen LogP contribution in [0.4, 0.5) is 10.9 Å². The van der Waals surface area contributed by atoms with Gasteiger partial charge in [-0.2, -0.15) is 9.36 Å². The fraction of sp³-hybridized carbons (Fsp3) is 0.118. The molecule has 4 aromatic rings. The van der Waals surface area contributed by atoms with E-state index in [4.69, 9.17) is 11.6 Å². The summed E-state index contributed by atoms with van der Waals surface area (Å²) in [7, 11) is 0. The van der Waals surface area contributed by atoms with E-state index in [2.05, 4.69) is 42.5 Å². The molecule has 4 rings (SSSR count). The molecule has 5 nitrogen and oxygen atoms in total. The molecule has 1 aromatic carbocycles. The van der Waals surface area contributed by atoms with E-state index in [1.54, 1.807) is 0 Å². The molecule has 1 N–H and O–H groups in total. The fourth-order valence-corrected chi connectivity index (χ4v) is 3.59. The monoisotopic (exact) mass is 433 g/mol. The van der Waals surface area contributed by atoms with Crippen LogP contribution in [0.15, 0.2) is 47.1 Å². The van der Waals surface area contributed by atoms with E-state index in [9.17, 15) is 0 Å². The van der Waals surface area contributed by atoms with Crippen molar-refractivity contribution in [1.29, 1.82) is 0 Å². The molecule has 0 fully saturated rings. The largest absolute Gasteiger partial charge is 0.315 e. The number of rotatable bonds is 4. The van der Waals surface area contributed by atoms with Gasteiger partial charge in [0, 0.05) is 32.8 Å². The third kappa shape index (κ3) is 3.27. The number of hydrogen-bond acceptors (Lipinski definition) is 5. The van der Waals surface area contributed by atoms with Crippen LogP contribution in [0, 0.1) is 0 Å². The van der Waals surface area contributed by atoms with Crippen molar-refractivity contribution in [2.75, 3.05) is 5.32 Å². The summed E-state index contributed by atoms with van der Waals surface area (Å²) in [6, 6.07) is 11.5. The van der Waals surface area contributed by atoms with E-state index < -0.39 is 0 Å². The van der Waals surface area contributed by atoms with Gasteiger partial charge in [0.2, 0.25) is 5.13 Å². The van der Waals surface area contributed by atoms with E-state index in [1.807, 2.05) is 47.0 Å². The third-order valence-corrected chi connectivity index (χ3v) is 5.09. The standard InChI is InChI=1S/C17H13BrClN5S/c1-2-13-16(24-9-11(18)5-8-14(24)20-13)22-17-21-15(23-25-17)10-3-6-12(19)7-4-10/h3-9H,2H2,1H3,(H,21,22,23). The zero-order valence-corrected chi connectivity index (χ0v) is 16.4. The minimum Gasteiger partial charge on any atom is -0.315 e. The number of benzene rings is 1. The van der Waals surface area contributed by atoms with Gasteiger partial charge in [0.15, 0.2) is 5.82 Å². The highest BCUT2D eigenvalue weighted by Crippen LogP contribution is 2.28. The lowest BCUT2D eigenvalue weighted by Crippen LogP contribution is -1.98. The van der Waals surface area contributed by atoms with Crippen molar-refractivity contribution in [2.45, 2.75) is 13.3 Å². The van der Waals surface area contributed by atoms with Gasteiger partial charge in [-0.3, -0.25) is 4.40 Å². The quantitative estimate of drug-likeness (QED) is 0.456. The Morgan fingerprint density at radius 3 is 2.72 bits per heavy atom. The topological polar surface area (TPSA) is 55.1 Å². The minimum atomic E-state index is 0.678. The second kappa shape index (κ2) is 6.74. The molecule has 0 aliphatic heterocycles. The number of nitrogens with zero attached hydrogens (tertiary/aromatic N) is 4. The van der Waals surface area contributed by atoms with Crippen LogP contribution in [0.3, 0.4) is 0 Å². The van der Waals surface area contributed by atoms with Crippen molar-refractivity contribution in [3.05, 3.63) is 57.8 Å². The zero-order chi connectivity index (χ0) is 17.4. The van der Waals surface area contributed by atoms with E-state index in [0.29, 0.717) is 10.8 Å². The average molecular weight is 435 g/mol. The number of pyridine rings is 1. The SMILES string of the molecule is CCc1nc2ccc(Br)cn2c1Nc1nc(-c2ccc(Cl)cc2)ns1. The molecule has 0 spiro atoms. The molecule has 0 bridgehead atoms. The van der Waals surface area contributed by atoms with Crippen LogP contribution >= 0.6 is 39.1 Å². The fourth-order valence-electron chi connectivity index (χ4n) is 2.54. The van der Waals surface area contributed by atoms with Gasteiger partial charge in [0.1, 0.15) is 11.5 Å². The number of aryl methyl sites for hydroxylation is 1. The number of imidazole rings is 1. The van der Waals surface area contributed by atoms with Gasteiger partial charge >= 0.3 is 0 Å². The Morgan fingerprint density at radius 1 is 1.16 bits per heavy atom. The molecule has 3 aromatic heterocycles. The van der Waals surface area contributed by atoms with E-state index in [1.165, 1.54) is 11.5 Å². The Kier molecular flexibility index (Phi) is 4.45. The van der Waals surface area contributed by atoms with Crippen molar-refractivity contribution in [2.24, 2.45) is 0 Å². The minimum absolute atomic E-state index is 0.678. The number of halogens is 2. The predicted molar refractivity (Wildman–Crippen MR) is 106 cm³/mol. The smallest absolute Gasteiger partial charge is 0.208 e. The lowest BCUT2D eigenvalue weighted by atomic mass is 10.2. The van der Waals surface area contributed by atoms with E-state index in [-0.39, 0.29) is 0 Å². The lowest BCUT2D eigenvalue weighted by Gasteiger charge is -2.04. The Labute approximate surface area is 162 Å². The molecular weight excluding hydrogens is 422 g/mol. The van der Waals surface area contributed by atoms with Crippen molar-refractivity contribution in [3.8, 4) is 11.4 Å². The van der Waals surface area contributed by atoms with Gasteiger partial charge < -0.3 is 5.32 Å². The summed E-state index contributed by atoms with van der Waals surface area (Å²) in [6.45, 7) is 2.08. The van der Waals surface area contributed by atoms with Gasteiger partial charge in [-0.1, -0.05) is 18.5 Å². The van der Waals surface area contributed by atoms with Crippen molar-refractivity contribution in [1.82, 2.24) is 18.7 Å². The number of anilines is 2. The van der Waals surface area contributed by atoms with Crippen LogP contribution in [0.25, 0.3) is 17.0 Å². The second-order valence-electron chi connectivity index (χ2n) is 5.39. The summed E-state index contributed by atoms with van der Waals surface area (Å²) in [5.41, 5.74) is 2.82. The number of hydrogen-bond donors (Lipinski definition) is 1. The summed E-state index contributed by atoms with van der Waals surface area (Å²) < 4.78 is 7.44. The van der Waals surface area contributed by atoms with Crippen molar-refractivity contribution in [3.63, 3.8) is 0 Å². The van der Waals surface area contributed by atoms with E-state index in [0.717, 1.165) is 38.7 Å². The highest BCUT2D eigenvalue weighted by Gasteiger charge is 2.14. The first-order valence-corrected chi connectivity index (χ1v) is 9.61. The van der Waals surface area contributed by atoms with Crippen LogP contribution < -0.4 is 5.32 Å². The second-order valence-corrected chi connectivity index (χ2v) is 7.50. The van der Waals surface area contributed by atoms with Gasteiger partial charge in [0.25, 0.3) is 0 Å². The maximum absolute atomic E-state index is 5.94. The first kappa shape index (κ1) is 16.5. The number of nitrogens with one attached hydrogen (secondary N) is 1. The Balaban J connectivity index is 1.70. The Bertz CT molecular complexity index is 1040. The maximum atomic E-state index is 5.94. The maximum Gasteiger partial charge on any atom is 0.208 e. The van der Waals surface area contributed by atoms with Crippen LogP contribution in [-0.4, -0.2) is 18.7 Å². The van der Waals surface area contributed by atoms with Crippen LogP contribution in [0.5, 0.6) is 0 Å². The summed E-state index contributed by atoms with van der Waals surface area (Å²) in [4.78, 5) is 9.25. The first-order chi connectivity index (χ1) is 12.1. The van der Waals surface area contributed by atoms with Gasteiger partial charge in [-0.05, 0) is 58.7 Å². The molecule has 0 atom stereocenters. The van der Waals surface area contributed by atoms with Crippen LogP contribution in [-0.2, 0) is 6.42 Å². The zero-order valence-electron chi connectivity index (χ0n) is 13.2. The van der Waals surface area contributed by atoms with Crippen molar-refractivity contribution < 1.29 is 0 Å². The summed E-state index contributed by atoms with van der Waals surface area (Å²) in [5.74, 6) is 1.59. The lowest BCUT2D eigenvalue weighted by molar-refractivity contribution is 1.07. The molecule has 0 saturated heterocycles. The molecule has 0 unspecified atom stereocenters. The number of aromatic nitrogens is 4. The Hall–Kier alpha value is -1.96. The van der Waals surface area contributed by atoms with Gasteiger partial charge in [-0.25, -0.2) is 4.98 Å². The highest BCUT2D eigenvalue weighted by atomic mass is 79.9. The van der Waals surface area contributed by atoms with Crippen molar-refractivity contribution >= 4 is 55.7 Å². The average Bonchev–Trinajstić information content (AvgIpc) is 3.21. The molecule has 0 aliphatic carbocycles. The van der Waals surface area contributed by atoms with Crippen LogP contribution in [0.1, 0.15) is 12.6 Å². The predicted octanol–water partition coefficient (Wildman–Crippen LogP) is 5.57. The highest BCUT2D eigenvalue weighted by molar-refractivity contribution is 9.10. The first-order valence-electron chi connectivity index (χ1n) is 7.67. The summed E-state index contributed by atoms with van der Waals surface area (Å²) >= 11 is 10.8. The molecule has 0 radical (unpaired) electrons. The third-order valence-electron chi connectivity index (χ3n) is 3.74. The van der Waals surface area contributed by atoms with Gasteiger partial charge in [-0.15, -0.1) is 0 Å². The number of fused-ring (bicyclic) bond motifs is 1. The molecule has 25 heavy (non-hydrogen) atoms. The van der Waals surface area contributed by atoms with Gasteiger partial charge in [0.05, 0.1) is 5.69 Å². The Morgan fingerprint density at radius 2 is 1.96 bits per heavy atom. The molecule has 0 saturated carbocycles. The molecule has 0 aliphatic rings. The molecule has 3 heterocycles. The molecule has 8 heteroatoms. The molecule has 126 valence electrons. The normalized spacial score (nSPS) is 11.2. The molecular formula is C17H13BrClN5S. The van der Waals surface area contributed by atoms with E-state index >= 15 is 0 Å². The summed E-state index contributed by atoms with van der Waals surface area (Å²) in [6.07, 6.45) is 2.81. The summed E-state index contributed by atoms with van der Waals surface area (Å²) in [5, 5.41) is 4.79. The van der Waals surface area contributed by atoms with Crippen LogP contribution in [0.2, 0.25) is 5.02 Å². The molecule has 0 amide bonds.